The molecule has 2 aromatic carbocycles. The molecule has 2 heterocycles. The summed E-state index contributed by atoms with van der Waals surface area (Å²) in [5.41, 5.74) is 1.86. The van der Waals surface area contributed by atoms with E-state index < -0.39 is 5.92 Å². The van der Waals surface area contributed by atoms with Gasteiger partial charge in [-0.3, -0.25) is 9.97 Å². The van der Waals surface area contributed by atoms with Crippen molar-refractivity contribution < 1.29 is 14.6 Å². The Morgan fingerprint density at radius 2 is 1.59 bits per heavy atom. The third-order valence-electron chi connectivity index (χ3n) is 4.70. The lowest BCUT2D eigenvalue weighted by atomic mass is 9.85. The van der Waals surface area contributed by atoms with Gasteiger partial charge in [-0.2, -0.15) is 0 Å². The molecule has 5 heteroatoms. The molecule has 0 spiro atoms. The highest BCUT2D eigenvalue weighted by Crippen LogP contribution is 2.39. The molecule has 1 atom stereocenters. The van der Waals surface area contributed by atoms with Crippen molar-refractivity contribution in [3.8, 4) is 11.5 Å². The Labute approximate surface area is 155 Å². The Bertz CT molecular complexity index is 1110. The zero-order valence-electron chi connectivity index (χ0n) is 14.4. The van der Waals surface area contributed by atoms with E-state index in [1.165, 1.54) is 6.07 Å². The zero-order valence-corrected chi connectivity index (χ0v) is 14.4. The molecule has 27 heavy (non-hydrogen) atoms. The van der Waals surface area contributed by atoms with Gasteiger partial charge in [0.25, 0.3) is 0 Å². The molecule has 0 amide bonds. The van der Waals surface area contributed by atoms with Crippen LogP contribution in [0.1, 0.15) is 22.7 Å². The number of phenols is 1. The second-order valence-corrected chi connectivity index (χ2v) is 6.33. The Balaban J connectivity index is 1.89. The molecular weight excluding hydrogens is 343 g/mol. The third kappa shape index (κ3) is 3.19. The van der Waals surface area contributed by atoms with Crippen molar-refractivity contribution in [2.45, 2.75) is 12.3 Å². The van der Waals surface area contributed by atoms with Crippen molar-refractivity contribution in [2.75, 3.05) is 0 Å². The smallest absolute Gasteiger partial charge is 0.145 e. The van der Waals surface area contributed by atoms with Crippen LogP contribution in [-0.4, -0.2) is 20.2 Å². The first-order valence-electron chi connectivity index (χ1n) is 8.59. The molecule has 0 aliphatic carbocycles. The predicted molar refractivity (Wildman–Crippen MR) is 101 cm³/mol. The topological polar surface area (TPSA) is 66.2 Å². The molecule has 0 aliphatic heterocycles. The summed E-state index contributed by atoms with van der Waals surface area (Å²) in [5, 5.41) is 21.8. The van der Waals surface area contributed by atoms with Gasteiger partial charge in [0.2, 0.25) is 0 Å². The second-order valence-electron chi connectivity index (χ2n) is 6.33. The number of aromatic hydroxyl groups is 2. The number of pyridine rings is 2. The highest BCUT2D eigenvalue weighted by atomic mass is 19.1. The summed E-state index contributed by atoms with van der Waals surface area (Å²) in [6.45, 7) is 0. The van der Waals surface area contributed by atoms with Gasteiger partial charge in [0.15, 0.2) is 0 Å². The normalized spacial score (nSPS) is 12.2. The van der Waals surface area contributed by atoms with Crippen molar-refractivity contribution in [1.82, 2.24) is 9.97 Å². The Kier molecular flexibility index (Phi) is 4.42. The summed E-state index contributed by atoms with van der Waals surface area (Å²) < 4.78 is 14.6. The highest BCUT2D eigenvalue weighted by Gasteiger charge is 2.24. The molecule has 134 valence electrons. The number of phenolic OH excluding ortho intramolecular Hbond substituents is 1. The minimum absolute atomic E-state index is 0.0109. The van der Waals surface area contributed by atoms with Crippen LogP contribution in [0.3, 0.4) is 0 Å². The van der Waals surface area contributed by atoms with Gasteiger partial charge in [0, 0.05) is 35.7 Å². The first kappa shape index (κ1) is 17.0. The van der Waals surface area contributed by atoms with Crippen molar-refractivity contribution in [3.05, 3.63) is 95.7 Å². The van der Waals surface area contributed by atoms with Crippen LogP contribution in [-0.2, 0) is 6.42 Å². The molecule has 0 bridgehead atoms. The van der Waals surface area contributed by atoms with E-state index in [1.807, 2.05) is 12.1 Å². The van der Waals surface area contributed by atoms with Crippen LogP contribution in [0.4, 0.5) is 4.39 Å². The quantitative estimate of drug-likeness (QED) is 0.560. The molecule has 0 aliphatic rings. The number of hydrogen-bond donors (Lipinski definition) is 2. The molecule has 2 aromatic heterocycles. The van der Waals surface area contributed by atoms with Crippen LogP contribution in [0.2, 0.25) is 0 Å². The van der Waals surface area contributed by atoms with Crippen molar-refractivity contribution in [1.29, 1.82) is 0 Å². The SMILES string of the molecule is Oc1cccnc1CC(c1ccccc1F)c1ccc2cccnc2c1O. The summed E-state index contributed by atoms with van der Waals surface area (Å²) in [6.07, 6.45) is 3.42. The minimum Gasteiger partial charge on any atom is -0.506 e. The second kappa shape index (κ2) is 7.03. The van der Waals surface area contributed by atoms with Gasteiger partial charge in [-0.1, -0.05) is 36.4 Å². The average Bonchev–Trinajstić information content (AvgIpc) is 2.69. The van der Waals surface area contributed by atoms with E-state index in [4.69, 9.17) is 0 Å². The summed E-state index contributed by atoms with van der Waals surface area (Å²) in [5.74, 6) is -0.856. The lowest BCUT2D eigenvalue weighted by Gasteiger charge is -2.20. The maximum atomic E-state index is 14.6. The van der Waals surface area contributed by atoms with Crippen LogP contribution in [0.25, 0.3) is 10.9 Å². The van der Waals surface area contributed by atoms with Gasteiger partial charge in [0.1, 0.15) is 22.8 Å². The molecule has 1 unspecified atom stereocenters. The Hall–Kier alpha value is -3.47. The fraction of sp³-hybridized carbons (Fsp3) is 0.0909. The summed E-state index contributed by atoms with van der Waals surface area (Å²) >= 11 is 0. The van der Waals surface area contributed by atoms with Crippen LogP contribution in [0.5, 0.6) is 11.5 Å². The largest absolute Gasteiger partial charge is 0.506 e. The number of nitrogens with zero attached hydrogens (tertiary/aromatic N) is 2. The summed E-state index contributed by atoms with van der Waals surface area (Å²) in [4.78, 5) is 8.48. The fourth-order valence-electron chi connectivity index (χ4n) is 3.35. The molecule has 2 N–H and O–H groups in total. The first-order valence-corrected chi connectivity index (χ1v) is 8.59. The van der Waals surface area contributed by atoms with E-state index in [0.29, 0.717) is 22.3 Å². The van der Waals surface area contributed by atoms with E-state index in [9.17, 15) is 14.6 Å². The maximum absolute atomic E-state index is 14.6. The molecular formula is C22H17FN2O2. The van der Waals surface area contributed by atoms with E-state index in [-0.39, 0.29) is 23.7 Å². The lowest BCUT2D eigenvalue weighted by Crippen LogP contribution is -2.09. The van der Waals surface area contributed by atoms with Gasteiger partial charge in [-0.25, -0.2) is 4.39 Å². The van der Waals surface area contributed by atoms with Crippen LogP contribution < -0.4 is 0 Å². The molecule has 0 saturated carbocycles. The summed E-state index contributed by atoms with van der Waals surface area (Å²) in [7, 11) is 0. The van der Waals surface area contributed by atoms with Crippen molar-refractivity contribution in [2.24, 2.45) is 0 Å². The van der Waals surface area contributed by atoms with Crippen LogP contribution >= 0.6 is 0 Å². The van der Waals surface area contributed by atoms with E-state index >= 15 is 0 Å². The molecule has 0 radical (unpaired) electrons. The van der Waals surface area contributed by atoms with Crippen LogP contribution in [0.15, 0.2) is 73.1 Å². The van der Waals surface area contributed by atoms with Gasteiger partial charge >= 0.3 is 0 Å². The van der Waals surface area contributed by atoms with Crippen molar-refractivity contribution >= 4 is 10.9 Å². The summed E-state index contributed by atoms with van der Waals surface area (Å²) in [6, 6.07) is 16.9. The van der Waals surface area contributed by atoms with E-state index in [2.05, 4.69) is 9.97 Å². The third-order valence-corrected chi connectivity index (χ3v) is 4.70. The fourth-order valence-corrected chi connectivity index (χ4v) is 3.35. The van der Waals surface area contributed by atoms with E-state index in [1.54, 1.807) is 54.9 Å². The van der Waals surface area contributed by atoms with Crippen LogP contribution in [0, 0.1) is 5.82 Å². The van der Waals surface area contributed by atoms with Gasteiger partial charge < -0.3 is 10.2 Å². The van der Waals surface area contributed by atoms with Gasteiger partial charge in [-0.05, 0) is 29.8 Å². The molecule has 4 aromatic rings. The number of hydrogen-bond acceptors (Lipinski definition) is 4. The number of benzene rings is 2. The maximum Gasteiger partial charge on any atom is 0.145 e. The monoisotopic (exact) mass is 360 g/mol. The van der Waals surface area contributed by atoms with Gasteiger partial charge in [0.05, 0.1) is 5.69 Å². The molecule has 4 rings (SSSR count). The minimum atomic E-state index is -0.529. The Morgan fingerprint density at radius 1 is 0.815 bits per heavy atom. The molecule has 0 saturated heterocycles. The predicted octanol–water partition coefficient (Wildman–Crippen LogP) is 4.55. The average molecular weight is 360 g/mol. The highest BCUT2D eigenvalue weighted by molar-refractivity contribution is 5.85. The molecule has 4 nitrogen and oxygen atoms in total. The first-order chi connectivity index (χ1) is 13.1. The number of aromatic nitrogens is 2. The van der Waals surface area contributed by atoms with Gasteiger partial charge in [-0.15, -0.1) is 0 Å². The van der Waals surface area contributed by atoms with E-state index in [0.717, 1.165) is 5.39 Å². The number of rotatable bonds is 4. The zero-order chi connectivity index (χ0) is 18.8. The standard InChI is InChI=1S/C22H17FN2O2/c23-18-7-2-1-6-15(18)17(13-19-20(26)8-4-11-24-19)16-10-9-14-5-3-12-25-21(14)22(16)27/h1-12,17,26-27H,13H2. The molecule has 0 fully saturated rings. The van der Waals surface area contributed by atoms with Crippen molar-refractivity contribution in [3.63, 3.8) is 0 Å². The Morgan fingerprint density at radius 3 is 2.41 bits per heavy atom. The number of halogens is 1. The lowest BCUT2D eigenvalue weighted by molar-refractivity contribution is 0.455. The number of fused-ring (bicyclic) bond motifs is 1.